The van der Waals surface area contributed by atoms with Gasteiger partial charge >= 0.3 is 0 Å². The van der Waals surface area contributed by atoms with E-state index in [2.05, 4.69) is 170 Å². The first-order chi connectivity index (χ1) is 22.3. The van der Waals surface area contributed by atoms with Crippen LogP contribution in [0.2, 0.25) is 0 Å². The fraction of sp³-hybridized carbons (Fsp3) is 0. The summed E-state index contributed by atoms with van der Waals surface area (Å²) in [5.41, 5.74) is 11.5. The van der Waals surface area contributed by atoms with Gasteiger partial charge in [-0.2, -0.15) is 0 Å². The molecule has 0 bridgehead atoms. The van der Waals surface area contributed by atoms with Crippen molar-refractivity contribution in [3.63, 3.8) is 0 Å². The number of hydrogen-bond acceptors (Lipinski definition) is 1. The summed E-state index contributed by atoms with van der Waals surface area (Å²) in [7, 11) is 0. The average Bonchev–Trinajstić information content (AvgIpc) is 3.49. The molecule has 9 aromatic rings. The number of furan rings is 1. The van der Waals surface area contributed by atoms with Crippen molar-refractivity contribution in [3.8, 4) is 44.5 Å². The Hall–Kier alpha value is -5.92. The normalized spacial score (nSPS) is 11.6. The predicted molar refractivity (Wildman–Crippen MR) is 190 cm³/mol. The Morgan fingerprint density at radius 1 is 0.289 bits per heavy atom. The van der Waals surface area contributed by atoms with Crippen LogP contribution < -0.4 is 0 Å². The van der Waals surface area contributed by atoms with Gasteiger partial charge in [-0.25, -0.2) is 0 Å². The molecule has 0 N–H and O–H groups in total. The lowest BCUT2D eigenvalue weighted by Gasteiger charge is -2.17. The molecule has 0 unspecified atom stereocenters. The zero-order valence-corrected chi connectivity index (χ0v) is 24.6. The van der Waals surface area contributed by atoms with E-state index in [9.17, 15) is 0 Å². The third-order valence-corrected chi connectivity index (χ3v) is 9.07. The van der Waals surface area contributed by atoms with E-state index in [4.69, 9.17) is 4.42 Å². The maximum absolute atomic E-state index is 6.55. The Morgan fingerprint density at radius 2 is 0.733 bits per heavy atom. The van der Waals surface area contributed by atoms with Crippen LogP contribution in [0, 0.1) is 0 Å². The van der Waals surface area contributed by atoms with Crippen molar-refractivity contribution < 1.29 is 4.42 Å². The minimum atomic E-state index is 0.894. The van der Waals surface area contributed by atoms with Crippen LogP contribution in [-0.4, -0.2) is 0 Å². The Morgan fingerprint density at radius 3 is 1.29 bits per heavy atom. The lowest BCUT2D eigenvalue weighted by atomic mass is 9.85. The lowest BCUT2D eigenvalue weighted by molar-refractivity contribution is 0.669. The molecule has 1 nitrogen and oxygen atoms in total. The van der Waals surface area contributed by atoms with E-state index in [1.54, 1.807) is 0 Å². The molecule has 0 fully saturated rings. The van der Waals surface area contributed by atoms with E-state index in [0.29, 0.717) is 0 Å². The molecule has 9 rings (SSSR count). The lowest BCUT2D eigenvalue weighted by Crippen LogP contribution is -1.90. The molecule has 0 aliphatic rings. The van der Waals surface area contributed by atoms with Crippen LogP contribution in [0.15, 0.2) is 174 Å². The third-order valence-electron chi connectivity index (χ3n) is 9.07. The zero-order chi connectivity index (χ0) is 29.7. The van der Waals surface area contributed by atoms with Gasteiger partial charge in [-0.1, -0.05) is 152 Å². The summed E-state index contributed by atoms with van der Waals surface area (Å²) in [5.74, 6) is 0. The summed E-state index contributed by atoms with van der Waals surface area (Å²) < 4.78 is 6.55. The highest BCUT2D eigenvalue weighted by atomic mass is 16.3. The van der Waals surface area contributed by atoms with Gasteiger partial charge in [0, 0.05) is 16.3 Å². The largest absolute Gasteiger partial charge is 0.456 e. The van der Waals surface area contributed by atoms with Crippen LogP contribution in [-0.2, 0) is 0 Å². The third kappa shape index (κ3) is 4.09. The number of benzene rings is 8. The molecular formula is C44H28O. The summed E-state index contributed by atoms with van der Waals surface area (Å²) >= 11 is 0. The molecule has 0 radical (unpaired) electrons. The van der Waals surface area contributed by atoms with E-state index in [1.807, 2.05) is 0 Å². The smallest absolute Gasteiger partial charge is 0.136 e. The van der Waals surface area contributed by atoms with Crippen molar-refractivity contribution >= 4 is 43.5 Å². The van der Waals surface area contributed by atoms with E-state index in [1.165, 1.54) is 66.1 Å². The van der Waals surface area contributed by atoms with Gasteiger partial charge in [-0.15, -0.1) is 0 Å². The minimum absolute atomic E-state index is 0.894. The van der Waals surface area contributed by atoms with Crippen LogP contribution in [0.1, 0.15) is 0 Å². The number of rotatable bonds is 4. The average molecular weight is 573 g/mol. The van der Waals surface area contributed by atoms with Crippen LogP contribution in [0.4, 0.5) is 0 Å². The molecule has 1 heteroatoms. The van der Waals surface area contributed by atoms with Gasteiger partial charge in [-0.05, 0) is 78.7 Å². The summed E-state index contributed by atoms with van der Waals surface area (Å²) in [6.45, 7) is 0. The second-order valence-corrected chi connectivity index (χ2v) is 11.6. The molecule has 1 heterocycles. The molecule has 0 atom stereocenters. The van der Waals surface area contributed by atoms with E-state index in [-0.39, 0.29) is 0 Å². The Kier molecular flexibility index (Phi) is 5.89. The van der Waals surface area contributed by atoms with Gasteiger partial charge < -0.3 is 4.42 Å². The molecule has 0 saturated heterocycles. The Bertz CT molecular complexity index is 2450. The molecule has 0 saturated carbocycles. The molecule has 0 aliphatic heterocycles. The Labute approximate surface area is 261 Å². The highest BCUT2D eigenvalue weighted by molar-refractivity contribution is 6.23. The first-order valence-electron chi connectivity index (χ1n) is 15.4. The van der Waals surface area contributed by atoms with Crippen molar-refractivity contribution in [1.82, 2.24) is 0 Å². The fourth-order valence-corrected chi connectivity index (χ4v) is 7.14. The molecule has 0 spiro atoms. The highest BCUT2D eigenvalue weighted by Gasteiger charge is 2.20. The van der Waals surface area contributed by atoms with E-state index in [0.717, 1.165) is 21.9 Å². The topological polar surface area (TPSA) is 13.1 Å². The van der Waals surface area contributed by atoms with Crippen LogP contribution in [0.5, 0.6) is 0 Å². The molecule has 210 valence electrons. The molecule has 1 aromatic heterocycles. The van der Waals surface area contributed by atoms with Crippen molar-refractivity contribution in [2.75, 3.05) is 0 Å². The second-order valence-electron chi connectivity index (χ2n) is 11.6. The van der Waals surface area contributed by atoms with Crippen molar-refractivity contribution in [2.45, 2.75) is 0 Å². The van der Waals surface area contributed by atoms with Gasteiger partial charge in [0.2, 0.25) is 0 Å². The maximum Gasteiger partial charge on any atom is 0.136 e. The van der Waals surface area contributed by atoms with Crippen molar-refractivity contribution in [3.05, 3.63) is 170 Å². The molecular weight excluding hydrogens is 544 g/mol. The van der Waals surface area contributed by atoms with E-state index < -0.39 is 0 Å². The molecule has 45 heavy (non-hydrogen) atoms. The predicted octanol–water partition coefficient (Wildman–Crippen LogP) is 12.6. The fourth-order valence-electron chi connectivity index (χ4n) is 7.14. The maximum atomic E-state index is 6.55. The molecule has 0 aliphatic carbocycles. The standard InChI is InChI=1S/C44H28O/c1-4-14-29(15-5-1)33-25-27-40-44(43(33)31-18-8-3-9-19-31)38-28-32(24-26-39(38)45-40)42-36-22-12-10-20-34(36)41(30-16-6-2-7-17-30)35-21-11-13-23-37(35)42/h1-28H. The summed E-state index contributed by atoms with van der Waals surface area (Å²) in [4.78, 5) is 0. The van der Waals surface area contributed by atoms with Gasteiger partial charge in [-0.3, -0.25) is 0 Å². The van der Waals surface area contributed by atoms with Crippen LogP contribution in [0.3, 0.4) is 0 Å². The monoisotopic (exact) mass is 572 g/mol. The zero-order valence-electron chi connectivity index (χ0n) is 24.6. The van der Waals surface area contributed by atoms with Crippen LogP contribution in [0.25, 0.3) is 88.0 Å². The van der Waals surface area contributed by atoms with Gasteiger partial charge in [0.25, 0.3) is 0 Å². The molecule has 8 aromatic carbocycles. The van der Waals surface area contributed by atoms with Gasteiger partial charge in [0.1, 0.15) is 11.2 Å². The Balaban J connectivity index is 1.39. The minimum Gasteiger partial charge on any atom is -0.456 e. The number of hydrogen-bond donors (Lipinski definition) is 0. The second kappa shape index (κ2) is 10.4. The quantitative estimate of drug-likeness (QED) is 0.191. The number of fused-ring (bicyclic) bond motifs is 5. The van der Waals surface area contributed by atoms with Gasteiger partial charge in [0.05, 0.1) is 0 Å². The summed E-state index contributed by atoms with van der Waals surface area (Å²) in [6, 6.07) is 60.8. The summed E-state index contributed by atoms with van der Waals surface area (Å²) in [5, 5.41) is 7.27. The van der Waals surface area contributed by atoms with Crippen molar-refractivity contribution in [1.29, 1.82) is 0 Å². The SMILES string of the molecule is c1ccc(-c2ccc3oc4ccc(-c5c6ccccc6c(-c6ccccc6)c6ccccc56)cc4c3c2-c2ccccc2)cc1. The highest BCUT2D eigenvalue weighted by Crippen LogP contribution is 2.47. The molecule has 0 amide bonds. The van der Waals surface area contributed by atoms with Gasteiger partial charge in [0.15, 0.2) is 0 Å². The van der Waals surface area contributed by atoms with E-state index >= 15 is 0 Å². The summed E-state index contributed by atoms with van der Waals surface area (Å²) in [6.07, 6.45) is 0. The first-order valence-corrected chi connectivity index (χ1v) is 15.4. The first kappa shape index (κ1) is 25.6. The van der Waals surface area contributed by atoms with Crippen molar-refractivity contribution in [2.24, 2.45) is 0 Å². The van der Waals surface area contributed by atoms with Crippen LogP contribution >= 0.6 is 0 Å².